The van der Waals surface area contributed by atoms with Crippen LogP contribution in [0, 0.1) is 0 Å². The minimum absolute atomic E-state index is 0.0976. The zero-order valence-electron chi connectivity index (χ0n) is 11.2. The van der Waals surface area contributed by atoms with E-state index in [1.807, 2.05) is 24.8 Å². The number of amides is 1. The van der Waals surface area contributed by atoms with Crippen molar-refractivity contribution in [2.24, 2.45) is 0 Å². The minimum atomic E-state index is 0.0976. The number of aryl methyl sites for hydroxylation is 1. The number of benzene rings is 1. The summed E-state index contributed by atoms with van der Waals surface area (Å²) in [4.78, 5) is 14.0. The second-order valence-corrected chi connectivity index (χ2v) is 5.05. The van der Waals surface area contributed by atoms with Crippen molar-refractivity contribution in [1.29, 1.82) is 0 Å². The fourth-order valence-electron chi connectivity index (χ4n) is 2.24. The molecule has 0 aliphatic carbocycles. The first kappa shape index (κ1) is 13.1. The number of fused-ring (bicyclic) bond motifs is 1. The molecule has 1 aliphatic heterocycles. The molecule has 3 nitrogen and oxygen atoms in total. The van der Waals surface area contributed by atoms with Crippen LogP contribution in [0.2, 0.25) is 0 Å². The van der Waals surface area contributed by atoms with Gasteiger partial charge in [-0.3, -0.25) is 4.79 Å². The summed E-state index contributed by atoms with van der Waals surface area (Å²) in [7, 11) is 0. The Morgan fingerprint density at radius 1 is 1.33 bits per heavy atom. The normalized spacial score (nSPS) is 15.4. The van der Waals surface area contributed by atoms with Gasteiger partial charge in [-0.05, 0) is 37.8 Å². The highest BCUT2D eigenvalue weighted by Crippen LogP contribution is 2.18. The maximum absolute atomic E-state index is 12.1. The van der Waals surface area contributed by atoms with Gasteiger partial charge in [0.1, 0.15) is 6.61 Å². The third-order valence-electron chi connectivity index (χ3n) is 3.25. The Hall–Kier alpha value is -1.35. The Kier molecular flexibility index (Phi) is 4.37. The Morgan fingerprint density at radius 2 is 2.06 bits per heavy atom. The second kappa shape index (κ2) is 6.01. The van der Waals surface area contributed by atoms with Crippen molar-refractivity contribution >= 4 is 5.91 Å². The number of ether oxygens (including phenoxy) is 1. The summed E-state index contributed by atoms with van der Waals surface area (Å²) in [6, 6.07) is 8.38. The van der Waals surface area contributed by atoms with Gasteiger partial charge in [-0.15, -0.1) is 0 Å². The van der Waals surface area contributed by atoms with Crippen molar-refractivity contribution in [3.8, 4) is 0 Å². The topological polar surface area (TPSA) is 29.5 Å². The number of carbonyl (C=O) groups is 1. The van der Waals surface area contributed by atoms with Crippen LogP contribution in [-0.4, -0.2) is 30.1 Å². The summed E-state index contributed by atoms with van der Waals surface area (Å²) in [6.07, 6.45) is 2.20. The van der Waals surface area contributed by atoms with Gasteiger partial charge in [-0.1, -0.05) is 24.3 Å². The van der Waals surface area contributed by atoms with Crippen LogP contribution in [0.25, 0.3) is 0 Å². The van der Waals surface area contributed by atoms with Gasteiger partial charge in [0, 0.05) is 13.1 Å². The molecule has 0 N–H and O–H groups in total. The van der Waals surface area contributed by atoms with E-state index in [1.165, 1.54) is 11.1 Å². The molecule has 18 heavy (non-hydrogen) atoms. The molecule has 0 saturated carbocycles. The van der Waals surface area contributed by atoms with E-state index in [0.29, 0.717) is 0 Å². The van der Waals surface area contributed by atoms with Crippen LogP contribution >= 0.6 is 0 Å². The number of carbonyl (C=O) groups excluding carboxylic acids is 1. The van der Waals surface area contributed by atoms with Gasteiger partial charge in [0.25, 0.3) is 0 Å². The highest BCUT2D eigenvalue weighted by atomic mass is 16.5. The van der Waals surface area contributed by atoms with Crippen molar-refractivity contribution in [3.05, 3.63) is 35.4 Å². The van der Waals surface area contributed by atoms with Crippen molar-refractivity contribution in [2.75, 3.05) is 13.2 Å². The van der Waals surface area contributed by atoms with Crippen LogP contribution in [0.4, 0.5) is 0 Å². The van der Waals surface area contributed by atoms with Gasteiger partial charge >= 0.3 is 0 Å². The Balaban J connectivity index is 2.01. The lowest BCUT2D eigenvalue weighted by Gasteiger charge is -2.21. The van der Waals surface area contributed by atoms with Gasteiger partial charge in [0.15, 0.2) is 0 Å². The number of hydrogen-bond acceptors (Lipinski definition) is 2. The Labute approximate surface area is 109 Å². The molecule has 0 aromatic heterocycles. The lowest BCUT2D eigenvalue weighted by molar-refractivity contribution is -0.138. The van der Waals surface area contributed by atoms with Crippen LogP contribution < -0.4 is 0 Å². The molecule has 1 amide bonds. The summed E-state index contributed by atoms with van der Waals surface area (Å²) >= 11 is 0. The van der Waals surface area contributed by atoms with E-state index in [9.17, 15) is 4.79 Å². The summed E-state index contributed by atoms with van der Waals surface area (Å²) < 4.78 is 5.39. The third-order valence-corrected chi connectivity index (χ3v) is 3.25. The van der Waals surface area contributed by atoms with Crippen LogP contribution in [0.5, 0.6) is 0 Å². The van der Waals surface area contributed by atoms with E-state index < -0.39 is 0 Å². The fraction of sp³-hybridized carbons (Fsp3) is 0.533. The molecule has 1 aromatic rings. The molecule has 2 rings (SSSR count). The number of rotatable bonds is 3. The molecule has 0 unspecified atom stereocenters. The maximum Gasteiger partial charge on any atom is 0.248 e. The number of nitrogens with zero attached hydrogens (tertiary/aromatic N) is 1. The second-order valence-electron chi connectivity index (χ2n) is 5.05. The predicted molar refractivity (Wildman–Crippen MR) is 71.3 cm³/mol. The summed E-state index contributed by atoms with van der Waals surface area (Å²) in [5, 5.41) is 0. The minimum Gasteiger partial charge on any atom is -0.369 e. The average molecular weight is 247 g/mol. The van der Waals surface area contributed by atoms with E-state index in [0.717, 1.165) is 25.9 Å². The largest absolute Gasteiger partial charge is 0.369 e. The molecular formula is C15H21NO2. The van der Waals surface area contributed by atoms with E-state index in [2.05, 4.69) is 18.2 Å². The highest BCUT2D eigenvalue weighted by molar-refractivity contribution is 5.77. The molecule has 1 aromatic carbocycles. The van der Waals surface area contributed by atoms with E-state index in [1.54, 1.807) is 0 Å². The zero-order chi connectivity index (χ0) is 13.0. The molecule has 0 saturated heterocycles. The lowest BCUT2D eigenvalue weighted by atomic mass is 10.0. The monoisotopic (exact) mass is 247 g/mol. The molecule has 0 fully saturated rings. The summed E-state index contributed by atoms with van der Waals surface area (Å²) in [5.41, 5.74) is 2.64. The highest BCUT2D eigenvalue weighted by Gasteiger charge is 2.18. The van der Waals surface area contributed by atoms with Gasteiger partial charge in [0.05, 0.1) is 6.10 Å². The quantitative estimate of drug-likeness (QED) is 0.820. The first-order valence-electron chi connectivity index (χ1n) is 6.63. The Morgan fingerprint density at radius 3 is 2.78 bits per heavy atom. The van der Waals surface area contributed by atoms with E-state index in [-0.39, 0.29) is 18.6 Å². The fourth-order valence-corrected chi connectivity index (χ4v) is 2.24. The summed E-state index contributed by atoms with van der Waals surface area (Å²) in [5.74, 6) is 0.0976. The van der Waals surface area contributed by atoms with Gasteiger partial charge < -0.3 is 9.64 Å². The zero-order valence-corrected chi connectivity index (χ0v) is 11.2. The molecule has 1 heterocycles. The van der Waals surface area contributed by atoms with E-state index in [4.69, 9.17) is 4.74 Å². The molecule has 98 valence electrons. The third kappa shape index (κ3) is 3.33. The van der Waals surface area contributed by atoms with Crippen LogP contribution in [0.1, 0.15) is 31.4 Å². The molecule has 0 spiro atoms. The van der Waals surface area contributed by atoms with Gasteiger partial charge in [0.2, 0.25) is 5.91 Å². The standard InChI is InChI=1S/C15H21NO2/c1-12(2)18-11-15(17)16-9-5-8-13-6-3-4-7-14(13)10-16/h3-4,6-7,12H,5,8-11H2,1-2H3. The van der Waals surface area contributed by atoms with Crippen molar-refractivity contribution in [3.63, 3.8) is 0 Å². The van der Waals surface area contributed by atoms with Crippen molar-refractivity contribution in [2.45, 2.75) is 39.3 Å². The maximum atomic E-state index is 12.1. The molecule has 0 radical (unpaired) electrons. The predicted octanol–water partition coefficient (Wildman–Crippen LogP) is 2.39. The lowest BCUT2D eigenvalue weighted by Crippen LogP contribution is -2.34. The van der Waals surface area contributed by atoms with Gasteiger partial charge in [-0.25, -0.2) is 0 Å². The van der Waals surface area contributed by atoms with Crippen LogP contribution in [0.15, 0.2) is 24.3 Å². The smallest absolute Gasteiger partial charge is 0.248 e. The first-order valence-corrected chi connectivity index (χ1v) is 6.63. The van der Waals surface area contributed by atoms with Crippen LogP contribution in [-0.2, 0) is 22.5 Å². The van der Waals surface area contributed by atoms with E-state index >= 15 is 0 Å². The van der Waals surface area contributed by atoms with Crippen LogP contribution in [0.3, 0.4) is 0 Å². The van der Waals surface area contributed by atoms with Crippen molar-refractivity contribution < 1.29 is 9.53 Å². The Bertz CT molecular complexity index is 415. The first-order chi connectivity index (χ1) is 8.66. The molecule has 0 atom stereocenters. The van der Waals surface area contributed by atoms with Gasteiger partial charge in [-0.2, -0.15) is 0 Å². The summed E-state index contributed by atoms with van der Waals surface area (Å²) in [6.45, 7) is 5.64. The SMILES string of the molecule is CC(C)OCC(=O)N1CCCc2ccccc2C1. The average Bonchev–Trinajstić information content (AvgIpc) is 2.57. The molecule has 1 aliphatic rings. The molecular weight excluding hydrogens is 226 g/mol. The molecule has 0 bridgehead atoms. The number of hydrogen-bond donors (Lipinski definition) is 0. The van der Waals surface area contributed by atoms with Crippen molar-refractivity contribution in [1.82, 2.24) is 4.90 Å². The molecule has 3 heteroatoms.